The minimum atomic E-state index is -0.456. The maximum absolute atomic E-state index is 12.7. The summed E-state index contributed by atoms with van der Waals surface area (Å²) in [4.78, 5) is 37.1. The van der Waals surface area contributed by atoms with Crippen LogP contribution in [0.3, 0.4) is 0 Å². The second-order valence-electron chi connectivity index (χ2n) is 6.10. The number of benzene rings is 2. The van der Waals surface area contributed by atoms with E-state index in [1.54, 1.807) is 66.9 Å². The lowest BCUT2D eigenvalue weighted by molar-refractivity contribution is 0.0955. The molecule has 0 saturated carbocycles. The molecule has 1 aromatic heterocycles. The third-order valence-electron chi connectivity index (χ3n) is 4.11. The first-order chi connectivity index (χ1) is 14.0. The Kier molecular flexibility index (Phi) is 6.41. The predicted molar refractivity (Wildman–Crippen MR) is 117 cm³/mol. The van der Waals surface area contributed by atoms with Crippen molar-refractivity contribution < 1.29 is 9.59 Å². The van der Waals surface area contributed by atoms with E-state index in [0.29, 0.717) is 16.9 Å². The van der Waals surface area contributed by atoms with Crippen molar-refractivity contribution in [3.63, 3.8) is 0 Å². The Morgan fingerprint density at radius 3 is 2.34 bits per heavy atom. The maximum Gasteiger partial charge on any atom is 0.267 e. The van der Waals surface area contributed by atoms with Gasteiger partial charge < -0.3 is 10.6 Å². The van der Waals surface area contributed by atoms with Crippen molar-refractivity contribution in [2.45, 2.75) is 0 Å². The van der Waals surface area contributed by atoms with Crippen LogP contribution in [0.25, 0.3) is 5.69 Å². The Hall–Kier alpha value is -3.45. The standard InChI is InChI=1S/C22H18BrN3O3/c1-2-13-24-21(28)19-4-3-14-26(22(19)29)18-11-9-17(10-12-18)25-20(27)15-5-7-16(23)8-6-15/h2-12,14H,1,13H2,(H,24,28)(H,25,27). The fourth-order valence-corrected chi connectivity index (χ4v) is 2.90. The van der Waals surface area contributed by atoms with Crippen LogP contribution < -0.4 is 16.2 Å². The van der Waals surface area contributed by atoms with Crippen LogP contribution in [0.1, 0.15) is 20.7 Å². The fourth-order valence-electron chi connectivity index (χ4n) is 2.64. The smallest absolute Gasteiger partial charge is 0.267 e. The molecule has 0 atom stereocenters. The largest absolute Gasteiger partial charge is 0.348 e. The van der Waals surface area contributed by atoms with E-state index in [-0.39, 0.29) is 18.0 Å². The third kappa shape index (κ3) is 4.89. The van der Waals surface area contributed by atoms with Gasteiger partial charge in [-0.2, -0.15) is 0 Å². The van der Waals surface area contributed by atoms with E-state index >= 15 is 0 Å². The molecule has 2 amide bonds. The lowest BCUT2D eigenvalue weighted by Crippen LogP contribution is -2.32. The van der Waals surface area contributed by atoms with E-state index in [9.17, 15) is 14.4 Å². The van der Waals surface area contributed by atoms with Crippen molar-refractivity contribution in [2.75, 3.05) is 11.9 Å². The molecule has 0 radical (unpaired) electrons. The predicted octanol–water partition coefficient (Wildman–Crippen LogP) is 3.77. The molecular weight excluding hydrogens is 434 g/mol. The number of hydrogen-bond donors (Lipinski definition) is 2. The molecule has 7 heteroatoms. The molecule has 0 bridgehead atoms. The van der Waals surface area contributed by atoms with Gasteiger partial charge in [0.05, 0.1) is 0 Å². The molecule has 2 aromatic carbocycles. The number of aromatic nitrogens is 1. The third-order valence-corrected chi connectivity index (χ3v) is 4.64. The van der Waals surface area contributed by atoms with Crippen LogP contribution in [0, 0.1) is 0 Å². The van der Waals surface area contributed by atoms with Gasteiger partial charge in [0.1, 0.15) is 5.56 Å². The molecule has 0 fully saturated rings. The molecular formula is C22H18BrN3O3. The summed E-state index contributed by atoms with van der Waals surface area (Å²) in [5, 5.41) is 5.41. The van der Waals surface area contributed by atoms with Gasteiger partial charge in [0.2, 0.25) is 0 Å². The van der Waals surface area contributed by atoms with Gasteiger partial charge in [0.15, 0.2) is 0 Å². The number of amides is 2. The van der Waals surface area contributed by atoms with Crippen LogP contribution in [-0.2, 0) is 0 Å². The summed E-state index contributed by atoms with van der Waals surface area (Å²) >= 11 is 3.33. The van der Waals surface area contributed by atoms with Crippen molar-refractivity contribution in [1.29, 1.82) is 0 Å². The minimum absolute atomic E-state index is 0.0435. The molecule has 0 saturated heterocycles. The van der Waals surface area contributed by atoms with Crippen LogP contribution in [0.5, 0.6) is 0 Å². The summed E-state index contributed by atoms with van der Waals surface area (Å²) in [7, 11) is 0. The summed E-state index contributed by atoms with van der Waals surface area (Å²) in [5.41, 5.74) is 1.32. The maximum atomic E-state index is 12.7. The van der Waals surface area contributed by atoms with Gasteiger partial charge in [-0.05, 0) is 60.7 Å². The number of nitrogens with zero attached hydrogens (tertiary/aromatic N) is 1. The lowest BCUT2D eigenvalue weighted by atomic mass is 10.2. The topological polar surface area (TPSA) is 80.2 Å². The molecule has 0 unspecified atom stereocenters. The number of nitrogens with one attached hydrogen (secondary N) is 2. The molecule has 1 heterocycles. The van der Waals surface area contributed by atoms with Crippen LogP contribution in [-0.4, -0.2) is 22.9 Å². The number of anilines is 1. The number of carbonyl (C=O) groups is 2. The zero-order valence-electron chi connectivity index (χ0n) is 15.4. The zero-order valence-corrected chi connectivity index (χ0v) is 17.0. The monoisotopic (exact) mass is 451 g/mol. The van der Waals surface area contributed by atoms with E-state index in [0.717, 1.165) is 4.47 Å². The minimum Gasteiger partial charge on any atom is -0.348 e. The van der Waals surface area contributed by atoms with Gasteiger partial charge in [-0.15, -0.1) is 6.58 Å². The van der Waals surface area contributed by atoms with Crippen molar-refractivity contribution in [2.24, 2.45) is 0 Å². The number of pyridine rings is 1. The quantitative estimate of drug-likeness (QED) is 0.559. The van der Waals surface area contributed by atoms with Gasteiger partial charge in [-0.3, -0.25) is 19.0 Å². The zero-order chi connectivity index (χ0) is 20.8. The highest BCUT2D eigenvalue weighted by atomic mass is 79.9. The number of halogens is 1. The van der Waals surface area contributed by atoms with Gasteiger partial charge in [-0.1, -0.05) is 22.0 Å². The molecule has 0 aliphatic rings. The van der Waals surface area contributed by atoms with Crippen molar-refractivity contribution in [3.8, 4) is 5.69 Å². The summed E-state index contributed by atoms with van der Waals surface area (Å²) < 4.78 is 2.27. The first kappa shape index (κ1) is 20.3. The highest BCUT2D eigenvalue weighted by Gasteiger charge is 2.12. The Bertz CT molecular complexity index is 1100. The van der Waals surface area contributed by atoms with Crippen molar-refractivity contribution in [3.05, 3.63) is 105 Å². The summed E-state index contributed by atoms with van der Waals surface area (Å²) in [6.07, 6.45) is 3.13. The van der Waals surface area contributed by atoms with E-state index in [1.807, 2.05) is 0 Å². The number of rotatable bonds is 6. The molecule has 6 nitrogen and oxygen atoms in total. The average molecular weight is 452 g/mol. The first-order valence-electron chi connectivity index (χ1n) is 8.77. The normalized spacial score (nSPS) is 10.2. The van der Waals surface area contributed by atoms with Crippen molar-refractivity contribution >= 4 is 33.4 Å². The summed E-state index contributed by atoms with van der Waals surface area (Å²) in [6.45, 7) is 3.81. The average Bonchev–Trinajstić information content (AvgIpc) is 2.73. The molecule has 3 rings (SSSR count). The van der Waals surface area contributed by atoms with E-state index in [1.165, 1.54) is 10.6 Å². The fraction of sp³-hybridized carbons (Fsp3) is 0.0455. The van der Waals surface area contributed by atoms with Crippen LogP contribution in [0.4, 0.5) is 5.69 Å². The van der Waals surface area contributed by atoms with Crippen molar-refractivity contribution in [1.82, 2.24) is 9.88 Å². The Labute approximate surface area is 176 Å². The Morgan fingerprint density at radius 1 is 1.00 bits per heavy atom. The SMILES string of the molecule is C=CCNC(=O)c1cccn(-c2ccc(NC(=O)c3ccc(Br)cc3)cc2)c1=O. The van der Waals surface area contributed by atoms with Crippen LogP contribution >= 0.6 is 15.9 Å². The molecule has 3 aromatic rings. The lowest BCUT2D eigenvalue weighted by Gasteiger charge is -2.10. The van der Waals surface area contributed by atoms with Crippen LogP contribution in [0.15, 0.2) is 88.8 Å². The second kappa shape index (κ2) is 9.16. The van der Waals surface area contributed by atoms with E-state index in [4.69, 9.17) is 0 Å². The molecule has 0 aliphatic carbocycles. The van der Waals surface area contributed by atoms with Gasteiger partial charge in [0.25, 0.3) is 17.4 Å². The second-order valence-corrected chi connectivity index (χ2v) is 7.02. The van der Waals surface area contributed by atoms with Crippen LogP contribution in [0.2, 0.25) is 0 Å². The molecule has 2 N–H and O–H groups in total. The molecule has 146 valence electrons. The van der Waals surface area contributed by atoms with Gasteiger partial charge in [0, 0.05) is 34.2 Å². The number of carbonyl (C=O) groups excluding carboxylic acids is 2. The molecule has 0 aliphatic heterocycles. The Balaban J connectivity index is 1.79. The van der Waals surface area contributed by atoms with Gasteiger partial charge in [-0.25, -0.2) is 0 Å². The van der Waals surface area contributed by atoms with E-state index in [2.05, 4.69) is 33.1 Å². The first-order valence-corrected chi connectivity index (χ1v) is 9.57. The Morgan fingerprint density at radius 2 is 1.69 bits per heavy atom. The summed E-state index contributed by atoms with van der Waals surface area (Å²) in [5.74, 6) is -0.689. The highest BCUT2D eigenvalue weighted by Crippen LogP contribution is 2.15. The highest BCUT2D eigenvalue weighted by molar-refractivity contribution is 9.10. The number of hydrogen-bond acceptors (Lipinski definition) is 3. The van der Waals surface area contributed by atoms with E-state index < -0.39 is 11.5 Å². The molecule has 0 spiro atoms. The molecule has 29 heavy (non-hydrogen) atoms. The van der Waals surface area contributed by atoms with Gasteiger partial charge >= 0.3 is 0 Å². The summed E-state index contributed by atoms with van der Waals surface area (Å²) in [6, 6.07) is 16.9.